The van der Waals surface area contributed by atoms with Crippen LogP contribution < -0.4 is 5.32 Å². The molecular weight excluding hydrogens is 262 g/mol. The van der Waals surface area contributed by atoms with Crippen molar-refractivity contribution in [2.45, 2.75) is 39.2 Å². The smallest absolute Gasteiger partial charge is 0.331 e. The second-order valence-electron chi connectivity index (χ2n) is 5.73. The van der Waals surface area contributed by atoms with Gasteiger partial charge in [0.2, 0.25) is 5.91 Å². The Balaban J connectivity index is 2.10. The van der Waals surface area contributed by atoms with Gasteiger partial charge in [-0.2, -0.15) is 0 Å². The zero-order valence-electron chi connectivity index (χ0n) is 11.2. The highest BCUT2D eigenvalue weighted by Gasteiger charge is 2.40. The Bertz CT molecular complexity index is 467. The van der Waals surface area contributed by atoms with E-state index < -0.39 is 12.0 Å². The van der Waals surface area contributed by atoms with Gasteiger partial charge in [-0.05, 0) is 29.7 Å². The number of carbonyl (C=O) groups is 2. The lowest BCUT2D eigenvalue weighted by Crippen LogP contribution is -2.40. The van der Waals surface area contributed by atoms with Gasteiger partial charge in [0, 0.05) is 10.8 Å². The molecule has 0 bridgehead atoms. The van der Waals surface area contributed by atoms with Gasteiger partial charge in [-0.1, -0.05) is 26.3 Å². The normalized spacial score (nSPS) is 22.9. The van der Waals surface area contributed by atoms with Crippen LogP contribution >= 0.6 is 11.3 Å². The molecule has 5 heteroatoms. The van der Waals surface area contributed by atoms with Crippen molar-refractivity contribution in [1.29, 1.82) is 0 Å². The Morgan fingerprint density at radius 3 is 2.74 bits per heavy atom. The summed E-state index contributed by atoms with van der Waals surface area (Å²) in [6.45, 7) is 4.15. The molecule has 2 unspecified atom stereocenters. The number of carboxylic acids is 1. The number of carbonyl (C=O) groups excluding carboxylic acids is 1. The summed E-state index contributed by atoms with van der Waals surface area (Å²) in [4.78, 5) is 24.3. The summed E-state index contributed by atoms with van der Waals surface area (Å²) in [7, 11) is 0. The van der Waals surface area contributed by atoms with Gasteiger partial charge in [0.15, 0.2) is 6.04 Å². The molecule has 0 saturated heterocycles. The summed E-state index contributed by atoms with van der Waals surface area (Å²) in [5.74, 6) is -1.23. The summed E-state index contributed by atoms with van der Waals surface area (Å²) >= 11 is 1.35. The number of carboxylic acid groups (broad SMARTS) is 1. The molecule has 4 nitrogen and oxygen atoms in total. The average molecular weight is 281 g/mol. The fourth-order valence-corrected chi connectivity index (χ4v) is 3.53. The molecule has 19 heavy (non-hydrogen) atoms. The molecule has 1 saturated carbocycles. The molecule has 104 valence electrons. The van der Waals surface area contributed by atoms with Crippen LogP contribution in [0.25, 0.3) is 0 Å². The first-order valence-corrected chi connectivity index (χ1v) is 7.36. The number of hydrogen-bond donors (Lipinski definition) is 2. The lowest BCUT2D eigenvalue weighted by atomic mass is 9.81. The highest BCUT2D eigenvalue weighted by molar-refractivity contribution is 7.10. The maximum Gasteiger partial charge on any atom is 0.331 e. The van der Waals surface area contributed by atoms with Gasteiger partial charge in [-0.25, -0.2) is 4.79 Å². The molecule has 1 fully saturated rings. The third kappa shape index (κ3) is 2.97. The standard InChI is InChI=1S/C14H19NO3S/c1-14(2)7-3-5-9(14)12(16)15-11(13(17)18)10-6-4-8-19-10/h4,6,8-9,11H,3,5,7H2,1-2H3,(H,15,16)(H,17,18). The Labute approximate surface area is 116 Å². The van der Waals surface area contributed by atoms with Crippen LogP contribution in [0.2, 0.25) is 0 Å². The number of amides is 1. The molecule has 0 aliphatic heterocycles. The van der Waals surface area contributed by atoms with Crippen molar-refractivity contribution < 1.29 is 14.7 Å². The van der Waals surface area contributed by atoms with Crippen LogP contribution in [-0.4, -0.2) is 17.0 Å². The number of rotatable bonds is 4. The fraction of sp³-hybridized carbons (Fsp3) is 0.571. The minimum Gasteiger partial charge on any atom is -0.479 e. The molecule has 1 amide bonds. The van der Waals surface area contributed by atoms with Crippen molar-refractivity contribution in [2.24, 2.45) is 11.3 Å². The molecule has 0 spiro atoms. The van der Waals surface area contributed by atoms with Gasteiger partial charge in [0.05, 0.1) is 0 Å². The Morgan fingerprint density at radius 1 is 1.53 bits per heavy atom. The second-order valence-corrected chi connectivity index (χ2v) is 6.71. The summed E-state index contributed by atoms with van der Waals surface area (Å²) < 4.78 is 0. The highest BCUT2D eigenvalue weighted by Crippen LogP contribution is 2.42. The third-order valence-corrected chi connectivity index (χ3v) is 4.87. The van der Waals surface area contributed by atoms with E-state index in [1.54, 1.807) is 12.1 Å². The molecule has 1 heterocycles. The van der Waals surface area contributed by atoms with E-state index in [-0.39, 0.29) is 17.2 Å². The van der Waals surface area contributed by atoms with E-state index in [9.17, 15) is 14.7 Å². The van der Waals surface area contributed by atoms with Crippen LogP contribution in [0.15, 0.2) is 17.5 Å². The van der Waals surface area contributed by atoms with Crippen molar-refractivity contribution in [2.75, 3.05) is 0 Å². The topological polar surface area (TPSA) is 66.4 Å². The van der Waals surface area contributed by atoms with E-state index in [2.05, 4.69) is 19.2 Å². The molecule has 2 atom stereocenters. The lowest BCUT2D eigenvalue weighted by molar-refractivity contribution is -0.143. The van der Waals surface area contributed by atoms with Gasteiger partial charge in [-0.3, -0.25) is 4.79 Å². The van der Waals surface area contributed by atoms with Gasteiger partial charge in [0.25, 0.3) is 0 Å². The summed E-state index contributed by atoms with van der Waals surface area (Å²) in [6.07, 6.45) is 2.89. The molecule has 1 aliphatic rings. The number of nitrogens with one attached hydrogen (secondary N) is 1. The Kier molecular flexibility index (Phi) is 3.94. The van der Waals surface area contributed by atoms with Crippen LogP contribution in [-0.2, 0) is 9.59 Å². The van der Waals surface area contributed by atoms with Gasteiger partial charge >= 0.3 is 5.97 Å². The van der Waals surface area contributed by atoms with Crippen molar-refractivity contribution in [3.05, 3.63) is 22.4 Å². The van der Waals surface area contributed by atoms with Gasteiger partial charge < -0.3 is 10.4 Å². The van der Waals surface area contributed by atoms with Gasteiger partial charge in [-0.15, -0.1) is 11.3 Å². The van der Waals surface area contributed by atoms with E-state index in [1.165, 1.54) is 11.3 Å². The molecule has 1 aliphatic carbocycles. The number of hydrogen-bond acceptors (Lipinski definition) is 3. The average Bonchev–Trinajstić information content (AvgIpc) is 2.94. The molecule has 0 aromatic carbocycles. The van der Waals surface area contributed by atoms with Gasteiger partial charge in [0.1, 0.15) is 0 Å². The monoisotopic (exact) mass is 281 g/mol. The second kappa shape index (κ2) is 5.33. The molecule has 0 radical (unpaired) electrons. The first-order chi connectivity index (χ1) is 8.92. The van der Waals surface area contributed by atoms with Crippen LogP contribution in [0.4, 0.5) is 0 Å². The van der Waals surface area contributed by atoms with Crippen molar-refractivity contribution in [1.82, 2.24) is 5.32 Å². The quantitative estimate of drug-likeness (QED) is 0.891. The van der Waals surface area contributed by atoms with E-state index in [0.717, 1.165) is 19.3 Å². The molecule has 1 aromatic heterocycles. The largest absolute Gasteiger partial charge is 0.479 e. The maximum atomic E-state index is 12.3. The molecule has 1 aromatic rings. The predicted octanol–water partition coefficient (Wildman–Crippen LogP) is 2.82. The zero-order chi connectivity index (χ0) is 14.0. The maximum absolute atomic E-state index is 12.3. The van der Waals surface area contributed by atoms with E-state index in [4.69, 9.17) is 0 Å². The lowest BCUT2D eigenvalue weighted by Gasteiger charge is -2.27. The first-order valence-electron chi connectivity index (χ1n) is 6.48. The minimum atomic E-state index is -1.01. The fourth-order valence-electron chi connectivity index (χ4n) is 2.77. The van der Waals surface area contributed by atoms with Crippen LogP contribution in [0.5, 0.6) is 0 Å². The van der Waals surface area contributed by atoms with Crippen molar-refractivity contribution in [3.63, 3.8) is 0 Å². The van der Waals surface area contributed by atoms with Crippen LogP contribution in [0, 0.1) is 11.3 Å². The van der Waals surface area contributed by atoms with Crippen molar-refractivity contribution in [3.8, 4) is 0 Å². The molecular formula is C14H19NO3S. The highest BCUT2D eigenvalue weighted by atomic mass is 32.1. The number of thiophene rings is 1. The third-order valence-electron chi connectivity index (χ3n) is 3.93. The van der Waals surface area contributed by atoms with E-state index >= 15 is 0 Å². The Hall–Kier alpha value is -1.36. The zero-order valence-corrected chi connectivity index (χ0v) is 12.0. The van der Waals surface area contributed by atoms with E-state index in [1.807, 2.05) is 5.38 Å². The predicted molar refractivity (Wildman–Crippen MR) is 74.0 cm³/mol. The SMILES string of the molecule is CC1(C)CCCC1C(=O)NC(C(=O)O)c1cccs1. The van der Waals surface area contributed by atoms with Crippen LogP contribution in [0.1, 0.15) is 44.0 Å². The summed E-state index contributed by atoms with van der Waals surface area (Å²) in [5, 5.41) is 13.8. The van der Waals surface area contributed by atoms with Crippen LogP contribution in [0.3, 0.4) is 0 Å². The first kappa shape index (κ1) is 14.1. The minimum absolute atomic E-state index is 0.0391. The van der Waals surface area contributed by atoms with Crippen molar-refractivity contribution >= 4 is 23.2 Å². The molecule has 2 rings (SSSR count). The molecule has 2 N–H and O–H groups in total. The number of aliphatic carboxylic acids is 1. The van der Waals surface area contributed by atoms with E-state index in [0.29, 0.717) is 4.88 Å². The summed E-state index contributed by atoms with van der Waals surface area (Å²) in [6, 6.07) is 2.61. The Morgan fingerprint density at radius 2 is 2.26 bits per heavy atom. The summed E-state index contributed by atoms with van der Waals surface area (Å²) in [5.41, 5.74) is -0.0391.